The van der Waals surface area contributed by atoms with Crippen molar-refractivity contribution in [1.82, 2.24) is 4.98 Å². The maximum atomic E-state index is 6.72. The Bertz CT molecular complexity index is 568. The summed E-state index contributed by atoms with van der Waals surface area (Å²) in [5, 5.41) is 1.07. The van der Waals surface area contributed by atoms with Crippen LogP contribution in [0.5, 0.6) is 0 Å². The maximum absolute atomic E-state index is 6.72. The molecule has 0 fully saturated rings. The van der Waals surface area contributed by atoms with Crippen molar-refractivity contribution >= 4 is 11.3 Å². The number of rotatable bonds is 1. The lowest BCUT2D eigenvalue weighted by molar-refractivity contribution is 0.440. The lowest BCUT2D eigenvalue weighted by atomic mass is 9.77. The number of aromatic nitrogens is 1. The molecule has 3 rings (SSSR count). The van der Waals surface area contributed by atoms with E-state index in [1.807, 2.05) is 0 Å². The molecule has 1 unspecified atom stereocenters. The summed E-state index contributed by atoms with van der Waals surface area (Å²) in [4.78, 5) is 5.97. The number of aryl methyl sites for hydroxylation is 3. The van der Waals surface area contributed by atoms with E-state index in [2.05, 4.69) is 38.1 Å². The number of fused-ring (bicyclic) bond motifs is 1. The van der Waals surface area contributed by atoms with Gasteiger partial charge < -0.3 is 5.73 Å². The molecular weight excluding hydrogens is 240 g/mol. The summed E-state index contributed by atoms with van der Waals surface area (Å²) in [6.07, 6.45) is 3.28. The van der Waals surface area contributed by atoms with E-state index >= 15 is 0 Å². The molecular formula is C15H18N2S. The smallest absolute Gasteiger partial charge is 0.118 e. The number of benzene rings is 1. The van der Waals surface area contributed by atoms with E-state index < -0.39 is 0 Å². The lowest BCUT2D eigenvalue weighted by Crippen LogP contribution is -2.41. The number of thiazole rings is 1. The van der Waals surface area contributed by atoms with Gasteiger partial charge in [0.15, 0.2) is 0 Å². The number of hydrogen-bond acceptors (Lipinski definition) is 3. The molecule has 3 heteroatoms. The van der Waals surface area contributed by atoms with Crippen LogP contribution < -0.4 is 5.73 Å². The first-order valence-corrected chi connectivity index (χ1v) is 7.25. The van der Waals surface area contributed by atoms with Crippen LogP contribution in [0.1, 0.15) is 39.5 Å². The van der Waals surface area contributed by atoms with E-state index in [-0.39, 0.29) is 5.54 Å². The topological polar surface area (TPSA) is 38.9 Å². The molecule has 0 bridgehead atoms. The molecule has 18 heavy (non-hydrogen) atoms. The van der Waals surface area contributed by atoms with Crippen LogP contribution in [-0.4, -0.2) is 4.98 Å². The summed E-state index contributed by atoms with van der Waals surface area (Å²) in [7, 11) is 0. The van der Waals surface area contributed by atoms with Crippen molar-refractivity contribution in [2.45, 2.75) is 38.6 Å². The fraction of sp³-hybridized carbons (Fsp3) is 0.400. The van der Waals surface area contributed by atoms with Gasteiger partial charge in [0, 0.05) is 4.88 Å². The standard InChI is InChI=1S/C15H18N2S/c1-10-11(2)18-14(17-10)15(16)9-5-7-12-6-3-4-8-13(12)15/h3-4,6,8H,5,7,9,16H2,1-2H3. The third kappa shape index (κ3) is 1.70. The van der Waals surface area contributed by atoms with Crippen LogP contribution >= 0.6 is 11.3 Å². The van der Waals surface area contributed by atoms with Gasteiger partial charge in [0.1, 0.15) is 5.01 Å². The molecule has 0 saturated heterocycles. The van der Waals surface area contributed by atoms with Crippen LogP contribution in [0.2, 0.25) is 0 Å². The van der Waals surface area contributed by atoms with Gasteiger partial charge in [-0.2, -0.15) is 0 Å². The monoisotopic (exact) mass is 258 g/mol. The van der Waals surface area contributed by atoms with E-state index in [9.17, 15) is 0 Å². The fourth-order valence-electron chi connectivity index (χ4n) is 2.75. The SMILES string of the molecule is Cc1nc(C2(N)CCCc3ccccc32)sc1C. The van der Waals surface area contributed by atoms with Crippen LogP contribution in [0.25, 0.3) is 0 Å². The first-order valence-electron chi connectivity index (χ1n) is 6.43. The molecule has 0 saturated carbocycles. The highest BCUT2D eigenvalue weighted by molar-refractivity contribution is 7.11. The molecule has 1 aromatic carbocycles. The van der Waals surface area contributed by atoms with Crippen molar-refractivity contribution in [2.75, 3.05) is 0 Å². The van der Waals surface area contributed by atoms with Crippen LogP contribution in [0, 0.1) is 13.8 Å². The minimum absolute atomic E-state index is 0.376. The Morgan fingerprint density at radius 1 is 1.28 bits per heavy atom. The summed E-state index contributed by atoms with van der Waals surface area (Å²) < 4.78 is 0. The average Bonchev–Trinajstić information content (AvgIpc) is 2.71. The van der Waals surface area contributed by atoms with Gasteiger partial charge in [0.2, 0.25) is 0 Å². The van der Waals surface area contributed by atoms with E-state index in [0.29, 0.717) is 0 Å². The normalized spacial score (nSPS) is 22.8. The molecule has 0 aliphatic heterocycles. The van der Waals surface area contributed by atoms with Crippen LogP contribution in [0.15, 0.2) is 24.3 Å². The highest BCUT2D eigenvalue weighted by atomic mass is 32.1. The molecule has 0 amide bonds. The molecule has 1 aromatic heterocycles. The lowest BCUT2D eigenvalue weighted by Gasteiger charge is -2.34. The van der Waals surface area contributed by atoms with Crippen molar-refractivity contribution in [2.24, 2.45) is 5.73 Å². The van der Waals surface area contributed by atoms with E-state index in [1.165, 1.54) is 16.0 Å². The van der Waals surface area contributed by atoms with Crippen LogP contribution in [0.4, 0.5) is 0 Å². The van der Waals surface area contributed by atoms with E-state index in [4.69, 9.17) is 10.7 Å². The highest BCUT2D eigenvalue weighted by Gasteiger charge is 2.37. The zero-order valence-electron chi connectivity index (χ0n) is 10.9. The summed E-state index contributed by atoms with van der Waals surface area (Å²) in [5.74, 6) is 0. The van der Waals surface area contributed by atoms with Gasteiger partial charge in [-0.05, 0) is 44.2 Å². The Hall–Kier alpha value is -1.19. The summed E-state index contributed by atoms with van der Waals surface area (Å²) in [6, 6.07) is 8.55. The predicted octanol–water partition coefficient (Wildman–Crippen LogP) is 3.30. The van der Waals surface area contributed by atoms with Gasteiger partial charge in [-0.1, -0.05) is 24.3 Å². The zero-order valence-corrected chi connectivity index (χ0v) is 11.7. The number of nitrogens with zero attached hydrogens (tertiary/aromatic N) is 1. The van der Waals surface area contributed by atoms with Gasteiger partial charge in [-0.15, -0.1) is 11.3 Å². The van der Waals surface area contributed by atoms with Crippen LogP contribution in [-0.2, 0) is 12.0 Å². The minimum atomic E-state index is -0.376. The van der Waals surface area contributed by atoms with Crippen molar-refractivity contribution < 1.29 is 0 Å². The minimum Gasteiger partial charge on any atom is -0.316 e. The van der Waals surface area contributed by atoms with Crippen molar-refractivity contribution in [3.05, 3.63) is 51.0 Å². The second-order valence-electron chi connectivity index (χ2n) is 5.14. The highest BCUT2D eigenvalue weighted by Crippen LogP contribution is 2.40. The number of nitrogens with two attached hydrogens (primary N) is 1. The molecule has 94 valence electrons. The zero-order chi connectivity index (χ0) is 12.8. The third-order valence-electron chi connectivity index (χ3n) is 3.93. The van der Waals surface area contributed by atoms with Gasteiger partial charge in [0.25, 0.3) is 0 Å². The van der Waals surface area contributed by atoms with E-state index in [0.717, 1.165) is 30.0 Å². The largest absolute Gasteiger partial charge is 0.316 e. The summed E-state index contributed by atoms with van der Waals surface area (Å²) >= 11 is 1.75. The second-order valence-corrected chi connectivity index (χ2v) is 6.35. The fourth-order valence-corrected chi connectivity index (χ4v) is 3.81. The molecule has 1 atom stereocenters. The Labute approximate surface area is 112 Å². The molecule has 0 radical (unpaired) electrons. The molecule has 2 aromatic rings. The van der Waals surface area contributed by atoms with Crippen molar-refractivity contribution in [3.63, 3.8) is 0 Å². The molecule has 2 N–H and O–H groups in total. The predicted molar refractivity (Wildman–Crippen MR) is 75.9 cm³/mol. The van der Waals surface area contributed by atoms with Gasteiger partial charge in [-0.25, -0.2) is 4.98 Å². The van der Waals surface area contributed by atoms with Gasteiger partial charge in [0.05, 0.1) is 11.2 Å². The summed E-state index contributed by atoms with van der Waals surface area (Å²) in [6.45, 7) is 4.18. The Kier molecular flexibility index (Phi) is 2.76. The molecule has 1 heterocycles. The Balaban J connectivity index is 2.16. The van der Waals surface area contributed by atoms with Gasteiger partial charge >= 0.3 is 0 Å². The van der Waals surface area contributed by atoms with Crippen LogP contribution in [0.3, 0.4) is 0 Å². The van der Waals surface area contributed by atoms with Gasteiger partial charge in [-0.3, -0.25) is 0 Å². The summed E-state index contributed by atoms with van der Waals surface area (Å²) in [5.41, 5.74) is 10.1. The average molecular weight is 258 g/mol. The molecule has 2 nitrogen and oxygen atoms in total. The second kappa shape index (κ2) is 4.18. The Morgan fingerprint density at radius 3 is 2.78 bits per heavy atom. The number of hydrogen-bond donors (Lipinski definition) is 1. The van der Waals surface area contributed by atoms with E-state index in [1.54, 1.807) is 11.3 Å². The molecule has 0 spiro atoms. The third-order valence-corrected chi connectivity index (χ3v) is 5.18. The molecule has 1 aliphatic rings. The quantitative estimate of drug-likeness (QED) is 0.852. The molecule has 1 aliphatic carbocycles. The maximum Gasteiger partial charge on any atom is 0.118 e. The first kappa shape index (κ1) is 11.9. The first-order chi connectivity index (χ1) is 8.61. The van der Waals surface area contributed by atoms with Crippen molar-refractivity contribution in [1.29, 1.82) is 0 Å². The Morgan fingerprint density at radius 2 is 2.06 bits per heavy atom. The van der Waals surface area contributed by atoms with Crippen molar-refractivity contribution in [3.8, 4) is 0 Å².